The Morgan fingerprint density at radius 2 is 2.00 bits per heavy atom. The number of rotatable bonds is 3. The van der Waals surface area contributed by atoms with Crippen LogP contribution in [-0.2, 0) is 4.79 Å². The van der Waals surface area contributed by atoms with Crippen LogP contribution >= 0.6 is 0 Å². The molecule has 9 nitrogen and oxygen atoms in total. The quantitative estimate of drug-likeness (QED) is 0.684. The maximum atomic E-state index is 12.6. The minimum Gasteiger partial charge on any atom is -0.485 e. The molecule has 0 spiro atoms. The Kier molecular flexibility index (Phi) is 3.70. The third-order valence-corrected chi connectivity index (χ3v) is 4.56. The molecular weight excluding hydrogens is 350 g/mol. The molecule has 0 saturated carbocycles. The van der Waals surface area contributed by atoms with E-state index in [1.54, 1.807) is 29.6 Å². The summed E-state index contributed by atoms with van der Waals surface area (Å²) in [6.45, 7) is 1.21. The second kappa shape index (κ2) is 6.35. The number of carbonyl (C=O) groups excluding carboxylic acids is 1. The van der Waals surface area contributed by atoms with Crippen LogP contribution in [0.4, 0.5) is 0 Å². The number of amides is 1. The number of hydrogen-bond donors (Lipinski definition) is 0. The molecule has 0 N–H and O–H groups in total. The predicted molar refractivity (Wildman–Crippen MR) is 91.0 cm³/mol. The monoisotopic (exact) mass is 365 g/mol. The van der Waals surface area contributed by atoms with Gasteiger partial charge >= 0.3 is 0 Å². The van der Waals surface area contributed by atoms with E-state index >= 15 is 0 Å². The van der Waals surface area contributed by atoms with E-state index in [0.717, 1.165) is 0 Å². The van der Waals surface area contributed by atoms with Crippen LogP contribution in [0.25, 0.3) is 11.5 Å². The number of benzene rings is 1. The molecule has 9 heteroatoms. The Balaban J connectivity index is 1.21. The number of hydrogen-bond acceptors (Lipinski definition) is 8. The van der Waals surface area contributed by atoms with Gasteiger partial charge in [0.25, 0.3) is 5.91 Å². The van der Waals surface area contributed by atoms with Crippen LogP contribution in [0.2, 0.25) is 0 Å². The molecule has 1 saturated heterocycles. The zero-order valence-electron chi connectivity index (χ0n) is 14.2. The van der Waals surface area contributed by atoms with Crippen molar-refractivity contribution in [3.8, 4) is 23.0 Å². The van der Waals surface area contributed by atoms with Gasteiger partial charge in [0.15, 0.2) is 11.5 Å². The van der Waals surface area contributed by atoms with Gasteiger partial charge in [0, 0.05) is 25.5 Å². The van der Waals surface area contributed by atoms with Crippen molar-refractivity contribution in [1.29, 1.82) is 0 Å². The molecule has 2 aliphatic heterocycles. The summed E-state index contributed by atoms with van der Waals surface area (Å²) < 4.78 is 16.7. The van der Waals surface area contributed by atoms with Crippen molar-refractivity contribution in [2.24, 2.45) is 0 Å². The zero-order valence-corrected chi connectivity index (χ0v) is 14.2. The molecule has 0 aliphatic carbocycles. The van der Waals surface area contributed by atoms with Gasteiger partial charge in [-0.1, -0.05) is 17.3 Å². The number of likely N-dealkylation sites (tertiary alicyclic amines) is 1. The summed E-state index contributed by atoms with van der Waals surface area (Å²) in [4.78, 5) is 26.8. The lowest BCUT2D eigenvalue weighted by atomic mass is 9.99. The maximum Gasteiger partial charge on any atom is 0.267 e. The fraction of sp³-hybridized carbons (Fsp3) is 0.278. The topological polar surface area (TPSA) is 103 Å². The molecule has 1 atom stereocenters. The normalized spacial score (nSPS) is 18.8. The number of ether oxygens (including phenoxy) is 2. The Labute approximate surface area is 153 Å². The Bertz CT molecular complexity index is 971. The van der Waals surface area contributed by atoms with E-state index in [9.17, 15) is 4.79 Å². The number of fused-ring (bicyclic) bond motifs is 1. The number of nitrogens with zero attached hydrogens (tertiary/aromatic N) is 5. The molecule has 5 rings (SSSR count). The van der Waals surface area contributed by atoms with Gasteiger partial charge in [0.05, 0.1) is 12.1 Å². The summed E-state index contributed by atoms with van der Waals surface area (Å²) in [5.74, 6) is 2.03. The number of aromatic nitrogens is 4. The molecule has 1 unspecified atom stereocenters. The van der Waals surface area contributed by atoms with Crippen molar-refractivity contribution in [3.05, 3.63) is 48.7 Å². The van der Waals surface area contributed by atoms with E-state index in [-0.39, 0.29) is 18.4 Å². The molecule has 27 heavy (non-hydrogen) atoms. The predicted octanol–water partition coefficient (Wildman–Crippen LogP) is 1.29. The van der Waals surface area contributed by atoms with Gasteiger partial charge in [0.2, 0.25) is 17.8 Å². The summed E-state index contributed by atoms with van der Waals surface area (Å²) in [7, 11) is 0. The van der Waals surface area contributed by atoms with Crippen molar-refractivity contribution in [1.82, 2.24) is 25.0 Å². The van der Waals surface area contributed by atoms with Gasteiger partial charge in [-0.05, 0) is 12.1 Å². The van der Waals surface area contributed by atoms with Crippen LogP contribution in [0.15, 0.2) is 47.4 Å². The van der Waals surface area contributed by atoms with Gasteiger partial charge in [0.1, 0.15) is 12.3 Å². The Morgan fingerprint density at radius 1 is 1.15 bits per heavy atom. The molecule has 2 aliphatic rings. The first-order chi connectivity index (χ1) is 13.3. The average Bonchev–Trinajstić information content (AvgIpc) is 3.17. The highest BCUT2D eigenvalue weighted by atomic mass is 16.6. The van der Waals surface area contributed by atoms with Crippen LogP contribution < -0.4 is 9.47 Å². The van der Waals surface area contributed by atoms with Crippen LogP contribution in [0, 0.1) is 0 Å². The van der Waals surface area contributed by atoms with Crippen molar-refractivity contribution in [3.63, 3.8) is 0 Å². The summed E-state index contributed by atoms with van der Waals surface area (Å²) in [6.07, 6.45) is 4.08. The summed E-state index contributed by atoms with van der Waals surface area (Å²) in [5.41, 5.74) is 0.547. The molecule has 2 aromatic heterocycles. The first-order valence-corrected chi connectivity index (χ1v) is 8.55. The van der Waals surface area contributed by atoms with E-state index in [1.807, 2.05) is 18.2 Å². The lowest BCUT2D eigenvalue weighted by Gasteiger charge is -2.39. The average molecular weight is 365 g/mol. The molecule has 1 aromatic carbocycles. The van der Waals surface area contributed by atoms with Crippen LogP contribution in [0.1, 0.15) is 11.8 Å². The first-order valence-electron chi connectivity index (χ1n) is 8.55. The van der Waals surface area contributed by atoms with Gasteiger partial charge in [-0.15, -0.1) is 0 Å². The largest absolute Gasteiger partial charge is 0.485 e. The van der Waals surface area contributed by atoms with Gasteiger partial charge in [-0.2, -0.15) is 4.98 Å². The molecule has 0 radical (unpaired) electrons. The molecule has 4 heterocycles. The molecule has 1 amide bonds. The summed E-state index contributed by atoms with van der Waals surface area (Å²) >= 11 is 0. The second-order valence-corrected chi connectivity index (χ2v) is 6.35. The number of para-hydroxylation sites is 2. The fourth-order valence-electron chi connectivity index (χ4n) is 3.08. The van der Waals surface area contributed by atoms with Gasteiger partial charge in [-0.25, -0.2) is 4.98 Å². The fourth-order valence-corrected chi connectivity index (χ4v) is 3.08. The highest BCUT2D eigenvalue weighted by Crippen LogP contribution is 2.33. The van der Waals surface area contributed by atoms with Gasteiger partial charge < -0.3 is 18.9 Å². The Hall–Kier alpha value is -3.49. The van der Waals surface area contributed by atoms with E-state index < -0.39 is 6.10 Å². The number of carbonyl (C=O) groups is 1. The zero-order chi connectivity index (χ0) is 18.2. The van der Waals surface area contributed by atoms with Crippen LogP contribution in [0.3, 0.4) is 0 Å². The molecule has 1 fully saturated rings. The third-order valence-electron chi connectivity index (χ3n) is 4.56. The first kappa shape index (κ1) is 15.7. The van der Waals surface area contributed by atoms with E-state index in [1.165, 1.54) is 0 Å². The maximum absolute atomic E-state index is 12.6. The van der Waals surface area contributed by atoms with E-state index in [2.05, 4.69) is 20.1 Å². The minimum atomic E-state index is -0.640. The van der Waals surface area contributed by atoms with E-state index in [0.29, 0.717) is 42.0 Å². The SMILES string of the molecule is O=C(C1COc2ccccc2O1)N1CC(c2nc(-c3cnccn3)no2)C1. The molecule has 136 valence electrons. The van der Waals surface area contributed by atoms with Gasteiger partial charge in [-0.3, -0.25) is 9.78 Å². The van der Waals surface area contributed by atoms with Crippen LogP contribution in [-0.4, -0.2) is 56.7 Å². The standard InChI is InChI=1S/C18H15N5O4/c24-18(15-10-25-13-3-1-2-4-14(13)26-15)23-8-11(9-23)17-21-16(22-27-17)12-7-19-5-6-20-12/h1-7,11,15H,8-10H2. The van der Waals surface area contributed by atoms with Crippen molar-refractivity contribution in [2.45, 2.75) is 12.0 Å². The molecular formula is C18H15N5O4. The smallest absolute Gasteiger partial charge is 0.267 e. The van der Waals surface area contributed by atoms with Crippen molar-refractivity contribution < 1.29 is 18.8 Å². The third kappa shape index (κ3) is 2.86. The Morgan fingerprint density at radius 3 is 2.81 bits per heavy atom. The molecule has 0 bridgehead atoms. The van der Waals surface area contributed by atoms with Crippen molar-refractivity contribution in [2.75, 3.05) is 19.7 Å². The lowest BCUT2D eigenvalue weighted by molar-refractivity contribution is -0.146. The second-order valence-electron chi connectivity index (χ2n) is 6.35. The van der Waals surface area contributed by atoms with Crippen LogP contribution in [0.5, 0.6) is 11.5 Å². The summed E-state index contributed by atoms with van der Waals surface area (Å²) in [6, 6.07) is 7.32. The van der Waals surface area contributed by atoms with Crippen molar-refractivity contribution >= 4 is 5.91 Å². The molecule has 3 aromatic rings. The summed E-state index contributed by atoms with van der Waals surface area (Å²) in [5, 5.41) is 3.94. The minimum absolute atomic E-state index is 0.00340. The van der Waals surface area contributed by atoms with E-state index in [4.69, 9.17) is 14.0 Å². The highest BCUT2D eigenvalue weighted by molar-refractivity contribution is 5.82. The highest BCUT2D eigenvalue weighted by Gasteiger charge is 2.40. The lowest BCUT2D eigenvalue weighted by Crippen LogP contribution is -2.55.